The molecule has 2 heterocycles. The highest BCUT2D eigenvalue weighted by atomic mass is 79.9. The fourth-order valence-corrected chi connectivity index (χ4v) is 3.21. The lowest BCUT2D eigenvalue weighted by Gasteiger charge is -2.20. The number of nitrogens with zero attached hydrogens (tertiary/aromatic N) is 4. The summed E-state index contributed by atoms with van der Waals surface area (Å²) in [5.41, 5.74) is 13.1. The van der Waals surface area contributed by atoms with E-state index in [9.17, 15) is 5.11 Å². The van der Waals surface area contributed by atoms with Crippen LogP contribution in [0.5, 0.6) is 11.5 Å². The zero-order valence-corrected chi connectivity index (χ0v) is 20.7. The van der Waals surface area contributed by atoms with E-state index >= 15 is 0 Å². The fourth-order valence-electron chi connectivity index (χ4n) is 2.90. The van der Waals surface area contributed by atoms with Crippen LogP contribution >= 0.6 is 15.9 Å². The minimum absolute atomic E-state index is 0.105. The molecule has 0 aliphatic rings. The highest BCUT2D eigenvalue weighted by Gasteiger charge is 2.17. The number of nitrogen functional groups attached to an aromatic ring is 1. The zero-order chi connectivity index (χ0) is 23.7. The Labute approximate surface area is 197 Å². The average Bonchev–Trinajstić information content (AvgIpc) is 2.73. The van der Waals surface area contributed by atoms with E-state index in [0.717, 1.165) is 12.1 Å². The Hall–Kier alpha value is -1.89. The quantitative estimate of drug-likeness (QED) is 0.178. The number of likely N-dealkylation sites (N-methyl/N-ethyl adjacent to an activating group) is 1. The van der Waals surface area contributed by atoms with Crippen molar-refractivity contribution in [3.63, 3.8) is 0 Å². The van der Waals surface area contributed by atoms with E-state index in [1.54, 1.807) is 12.3 Å². The van der Waals surface area contributed by atoms with Gasteiger partial charge in [0.05, 0.1) is 18.5 Å². The summed E-state index contributed by atoms with van der Waals surface area (Å²) in [6, 6.07) is 1.79. The number of hydrogen-bond acceptors (Lipinski definition) is 10. The third-order valence-corrected chi connectivity index (χ3v) is 5.22. The number of aliphatic hydroxyl groups is 1. The molecule has 0 bridgehead atoms. The molecule has 0 saturated heterocycles. The van der Waals surface area contributed by atoms with Gasteiger partial charge in [-0.1, -0.05) is 20.8 Å². The first-order valence-electron chi connectivity index (χ1n) is 10.6. The second-order valence-electron chi connectivity index (χ2n) is 7.78. The highest BCUT2D eigenvalue weighted by molar-refractivity contribution is 9.10. The van der Waals surface area contributed by atoms with Crippen LogP contribution < -0.4 is 21.5 Å². The number of hydrogen-bond donors (Lipinski definition) is 4. The van der Waals surface area contributed by atoms with Crippen LogP contribution in [-0.4, -0.2) is 70.7 Å². The van der Waals surface area contributed by atoms with Gasteiger partial charge in [-0.15, -0.1) is 0 Å². The molecule has 0 aliphatic carbocycles. The average molecular weight is 512 g/mol. The first-order valence-corrected chi connectivity index (χ1v) is 11.4. The molecule has 2 rings (SSSR count). The van der Waals surface area contributed by atoms with Crippen LogP contribution in [0, 0.1) is 0 Å². The molecular formula is C21H34BrN7O3. The summed E-state index contributed by atoms with van der Waals surface area (Å²) in [5, 5.41) is 13.4. The Balaban J connectivity index is 1.98. The molecule has 0 amide bonds. The minimum atomic E-state index is -0.876. The molecule has 0 aromatic carbocycles. The van der Waals surface area contributed by atoms with Gasteiger partial charge in [0.15, 0.2) is 5.75 Å². The lowest BCUT2D eigenvalue weighted by atomic mass is 10.1. The number of ether oxygens (including phenoxy) is 2. The van der Waals surface area contributed by atoms with Gasteiger partial charge in [-0.2, -0.15) is 0 Å². The van der Waals surface area contributed by atoms with Crippen molar-refractivity contribution in [3.8, 4) is 11.5 Å². The molecule has 2 aromatic rings. The lowest BCUT2D eigenvalue weighted by molar-refractivity contribution is 0.0301. The third-order valence-electron chi connectivity index (χ3n) is 4.78. The molecule has 2 unspecified atom stereocenters. The number of nitrogens with two attached hydrogens (primary N) is 2. The van der Waals surface area contributed by atoms with Gasteiger partial charge in [-0.25, -0.2) is 15.0 Å². The van der Waals surface area contributed by atoms with Crippen LogP contribution in [0.1, 0.15) is 37.9 Å². The summed E-state index contributed by atoms with van der Waals surface area (Å²) in [6.45, 7) is 8.50. The van der Waals surface area contributed by atoms with Gasteiger partial charge in [-0.3, -0.25) is 5.32 Å². The predicted molar refractivity (Wildman–Crippen MR) is 127 cm³/mol. The number of pyridine rings is 1. The van der Waals surface area contributed by atoms with Gasteiger partial charge in [-0.05, 0) is 35.4 Å². The molecule has 10 nitrogen and oxygen atoms in total. The second kappa shape index (κ2) is 13.0. The summed E-state index contributed by atoms with van der Waals surface area (Å²) in [6.07, 6.45) is 2.20. The first-order chi connectivity index (χ1) is 15.2. The summed E-state index contributed by atoms with van der Waals surface area (Å²) in [7, 11) is 1.98. The molecule has 2 aromatic heterocycles. The van der Waals surface area contributed by atoms with Crippen LogP contribution in [0.3, 0.4) is 0 Å². The van der Waals surface area contributed by atoms with Crippen molar-refractivity contribution >= 4 is 21.9 Å². The number of rotatable bonds is 13. The number of halogens is 1. The van der Waals surface area contributed by atoms with Crippen LogP contribution in [0.15, 0.2) is 23.1 Å². The standard InChI is InChI=1S/C21H34BrN7O3/c1-5-29(4)12-19(23)31-7-6-25-20(30)8-15-17(11-27-21(24)28-15)32-16-9-18(22)26-10-14(16)13(2)3/h9-11,13,19-20,25,30H,5-8,12,23H2,1-4H3,(H2,24,27,28). The van der Waals surface area contributed by atoms with Gasteiger partial charge in [0.2, 0.25) is 5.95 Å². The van der Waals surface area contributed by atoms with E-state index in [1.807, 2.05) is 7.05 Å². The van der Waals surface area contributed by atoms with Gasteiger partial charge >= 0.3 is 0 Å². The molecule has 11 heteroatoms. The molecule has 0 radical (unpaired) electrons. The fraction of sp³-hybridized carbons (Fsp3) is 0.571. The maximum Gasteiger partial charge on any atom is 0.220 e. The van der Waals surface area contributed by atoms with Crippen molar-refractivity contribution in [2.45, 2.75) is 45.6 Å². The smallest absolute Gasteiger partial charge is 0.220 e. The van der Waals surface area contributed by atoms with Crippen molar-refractivity contribution in [2.24, 2.45) is 5.73 Å². The molecule has 0 saturated carbocycles. The molecule has 6 N–H and O–H groups in total. The summed E-state index contributed by atoms with van der Waals surface area (Å²) in [5.74, 6) is 1.37. The number of anilines is 1. The third kappa shape index (κ3) is 8.57. The second-order valence-corrected chi connectivity index (χ2v) is 8.59. The van der Waals surface area contributed by atoms with Gasteiger partial charge in [0.1, 0.15) is 22.8 Å². The topological polar surface area (TPSA) is 145 Å². The van der Waals surface area contributed by atoms with Crippen molar-refractivity contribution in [1.29, 1.82) is 0 Å². The number of aliphatic hydroxyl groups excluding tert-OH is 1. The molecule has 0 fully saturated rings. The van der Waals surface area contributed by atoms with Crippen molar-refractivity contribution in [2.75, 3.05) is 39.0 Å². The SMILES string of the molecule is CCN(C)CC(N)OCCNC(O)Cc1nc(N)ncc1Oc1cc(Br)ncc1C(C)C. The van der Waals surface area contributed by atoms with E-state index in [1.165, 1.54) is 6.20 Å². The normalized spacial score (nSPS) is 13.5. The highest BCUT2D eigenvalue weighted by Crippen LogP contribution is 2.33. The van der Waals surface area contributed by atoms with Crippen molar-refractivity contribution < 1.29 is 14.6 Å². The Morgan fingerprint density at radius 3 is 2.69 bits per heavy atom. The van der Waals surface area contributed by atoms with E-state index in [2.05, 4.69) is 61.9 Å². The summed E-state index contributed by atoms with van der Waals surface area (Å²) < 4.78 is 12.3. The van der Waals surface area contributed by atoms with Crippen LogP contribution in [0.25, 0.3) is 0 Å². The number of aromatic nitrogens is 3. The van der Waals surface area contributed by atoms with Gasteiger partial charge in [0.25, 0.3) is 0 Å². The van der Waals surface area contributed by atoms with Crippen molar-refractivity contribution in [1.82, 2.24) is 25.2 Å². The summed E-state index contributed by atoms with van der Waals surface area (Å²) >= 11 is 3.38. The maximum atomic E-state index is 10.4. The van der Waals surface area contributed by atoms with E-state index in [4.69, 9.17) is 20.9 Å². The van der Waals surface area contributed by atoms with Crippen LogP contribution in [0.4, 0.5) is 5.95 Å². The summed E-state index contributed by atoms with van der Waals surface area (Å²) in [4.78, 5) is 14.6. The van der Waals surface area contributed by atoms with Crippen molar-refractivity contribution in [3.05, 3.63) is 34.3 Å². The monoisotopic (exact) mass is 511 g/mol. The molecule has 178 valence electrons. The van der Waals surface area contributed by atoms with Gasteiger partial charge in [0, 0.05) is 37.3 Å². The Morgan fingerprint density at radius 2 is 2.00 bits per heavy atom. The Bertz CT molecular complexity index is 856. The molecule has 32 heavy (non-hydrogen) atoms. The molecular weight excluding hydrogens is 478 g/mol. The van der Waals surface area contributed by atoms with Gasteiger partial charge < -0.3 is 30.9 Å². The molecule has 0 spiro atoms. The minimum Gasteiger partial charge on any atom is -0.453 e. The van der Waals surface area contributed by atoms with E-state index in [-0.39, 0.29) is 24.5 Å². The first kappa shape index (κ1) is 26.4. The van der Waals surface area contributed by atoms with Crippen LogP contribution in [-0.2, 0) is 11.2 Å². The molecule has 2 atom stereocenters. The van der Waals surface area contributed by atoms with E-state index < -0.39 is 6.23 Å². The lowest BCUT2D eigenvalue weighted by Crippen LogP contribution is -2.40. The Kier molecular flexibility index (Phi) is 10.7. The maximum absolute atomic E-state index is 10.4. The largest absolute Gasteiger partial charge is 0.453 e. The number of nitrogens with one attached hydrogen (secondary N) is 1. The predicted octanol–water partition coefficient (Wildman–Crippen LogP) is 1.84. The zero-order valence-electron chi connectivity index (χ0n) is 19.1. The van der Waals surface area contributed by atoms with E-state index in [0.29, 0.717) is 41.5 Å². The molecule has 0 aliphatic heterocycles. The van der Waals surface area contributed by atoms with Crippen LogP contribution in [0.2, 0.25) is 0 Å². The Morgan fingerprint density at radius 1 is 1.25 bits per heavy atom.